The van der Waals surface area contributed by atoms with Crippen molar-refractivity contribution in [2.24, 2.45) is 11.1 Å². The lowest BCUT2D eigenvalue weighted by atomic mass is 9.87. The second-order valence-electron chi connectivity index (χ2n) is 7.16. The number of carbonyl (C=O) groups is 1. The topological polar surface area (TPSA) is 128 Å². The summed E-state index contributed by atoms with van der Waals surface area (Å²) < 4.78 is 22.7. The number of primary sulfonamides is 1. The Morgan fingerprint density at radius 1 is 1.29 bits per heavy atom. The Labute approximate surface area is 166 Å². The van der Waals surface area contributed by atoms with Crippen molar-refractivity contribution in [3.8, 4) is 0 Å². The standard InChI is InChI=1S/C19H20N4O3S2/c1-10-2-7-15-11(8-10)9-14-16(20)17(27-19(14)23-15)18(24)22-12-3-5-13(6-4-12)28(21,25)26/h3-6,9-10H,2,7-8,20H2,1H3,(H,22,24)(H2,21,25,26). The number of carbonyl (C=O) groups excluding carboxylic acids is 1. The molecule has 1 unspecified atom stereocenters. The van der Waals surface area contributed by atoms with E-state index in [1.54, 1.807) is 0 Å². The Morgan fingerprint density at radius 2 is 2.00 bits per heavy atom. The molecule has 4 rings (SSSR count). The number of anilines is 2. The molecular weight excluding hydrogens is 396 g/mol. The van der Waals surface area contributed by atoms with Crippen LogP contribution in [0.1, 0.15) is 34.3 Å². The maximum Gasteiger partial charge on any atom is 0.267 e. The third-order valence-electron chi connectivity index (χ3n) is 4.98. The van der Waals surface area contributed by atoms with E-state index in [0.717, 1.165) is 35.2 Å². The highest BCUT2D eigenvalue weighted by Crippen LogP contribution is 2.36. The van der Waals surface area contributed by atoms with Crippen LogP contribution in [0.15, 0.2) is 35.2 Å². The molecule has 0 fully saturated rings. The van der Waals surface area contributed by atoms with Crippen LogP contribution in [0.2, 0.25) is 0 Å². The van der Waals surface area contributed by atoms with E-state index in [-0.39, 0.29) is 10.8 Å². The SMILES string of the molecule is CC1CCc2nc3sc(C(=O)Nc4ccc(S(N)(=O)=O)cc4)c(N)c3cc2C1. The van der Waals surface area contributed by atoms with E-state index in [2.05, 4.69) is 18.3 Å². The van der Waals surface area contributed by atoms with Gasteiger partial charge in [-0.15, -0.1) is 11.3 Å². The van der Waals surface area contributed by atoms with E-state index >= 15 is 0 Å². The van der Waals surface area contributed by atoms with Crippen molar-refractivity contribution < 1.29 is 13.2 Å². The smallest absolute Gasteiger partial charge is 0.267 e. The number of fused-ring (bicyclic) bond motifs is 2. The maximum atomic E-state index is 12.7. The quantitative estimate of drug-likeness (QED) is 0.605. The zero-order valence-electron chi connectivity index (χ0n) is 15.2. The molecule has 1 aliphatic carbocycles. The first-order valence-corrected chi connectivity index (χ1v) is 11.2. The van der Waals surface area contributed by atoms with Crippen molar-refractivity contribution in [3.05, 3.63) is 46.5 Å². The molecule has 0 aliphatic heterocycles. The summed E-state index contributed by atoms with van der Waals surface area (Å²) in [6, 6.07) is 7.72. The van der Waals surface area contributed by atoms with Gasteiger partial charge < -0.3 is 11.1 Å². The average molecular weight is 417 g/mol. The Kier molecular flexibility index (Phi) is 4.60. The van der Waals surface area contributed by atoms with Gasteiger partial charge in [0.15, 0.2) is 0 Å². The number of nitrogens with zero attached hydrogens (tertiary/aromatic N) is 1. The fourth-order valence-corrected chi connectivity index (χ4v) is 4.96. The Balaban J connectivity index is 1.63. The molecule has 7 nitrogen and oxygen atoms in total. The summed E-state index contributed by atoms with van der Waals surface area (Å²) in [5.74, 6) is 0.268. The number of amides is 1. The minimum absolute atomic E-state index is 0.0177. The van der Waals surface area contributed by atoms with Gasteiger partial charge in [-0.05, 0) is 61.1 Å². The first kappa shape index (κ1) is 18.9. The third kappa shape index (κ3) is 3.48. The van der Waals surface area contributed by atoms with Crippen molar-refractivity contribution in [2.45, 2.75) is 31.1 Å². The molecule has 1 amide bonds. The first-order valence-electron chi connectivity index (χ1n) is 8.87. The average Bonchev–Trinajstić information content (AvgIpc) is 2.96. The monoisotopic (exact) mass is 416 g/mol. The van der Waals surface area contributed by atoms with Gasteiger partial charge in [-0.25, -0.2) is 18.5 Å². The van der Waals surface area contributed by atoms with E-state index in [1.165, 1.54) is 41.2 Å². The molecule has 146 valence electrons. The van der Waals surface area contributed by atoms with E-state index in [0.29, 0.717) is 22.2 Å². The van der Waals surface area contributed by atoms with Crippen LogP contribution in [0.25, 0.3) is 10.2 Å². The number of sulfonamides is 1. The van der Waals surface area contributed by atoms with Gasteiger partial charge >= 0.3 is 0 Å². The van der Waals surface area contributed by atoms with E-state index in [1.807, 2.05) is 0 Å². The number of nitrogens with two attached hydrogens (primary N) is 2. The molecule has 0 spiro atoms. The summed E-state index contributed by atoms with van der Waals surface area (Å²) in [7, 11) is -3.78. The highest BCUT2D eigenvalue weighted by atomic mass is 32.2. The van der Waals surface area contributed by atoms with Crippen molar-refractivity contribution in [2.75, 3.05) is 11.1 Å². The number of aryl methyl sites for hydroxylation is 1. The summed E-state index contributed by atoms with van der Waals surface area (Å²) in [5, 5.41) is 8.64. The van der Waals surface area contributed by atoms with Gasteiger partial charge in [0.05, 0.1) is 10.6 Å². The molecule has 5 N–H and O–H groups in total. The molecule has 9 heteroatoms. The Bertz CT molecular complexity index is 1180. The number of pyridine rings is 1. The second kappa shape index (κ2) is 6.84. The van der Waals surface area contributed by atoms with Crippen LogP contribution in [0.3, 0.4) is 0 Å². The van der Waals surface area contributed by atoms with Crippen LogP contribution in [0, 0.1) is 5.92 Å². The molecule has 0 bridgehead atoms. The number of benzene rings is 1. The van der Waals surface area contributed by atoms with Crippen LogP contribution >= 0.6 is 11.3 Å². The number of nitrogens with one attached hydrogen (secondary N) is 1. The van der Waals surface area contributed by atoms with Crippen molar-refractivity contribution in [3.63, 3.8) is 0 Å². The van der Waals surface area contributed by atoms with Gasteiger partial charge in [0.2, 0.25) is 10.0 Å². The molecular formula is C19H20N4O3S2. The lowest BCUT2D eigenvalue weighted by Crippen LogP contribution is -2.14. The minimum Gasteiger partial charge on any atom is -0.397 e. The normalized spacial score (nSPS) is 16.7. The molecule has 2 aromatic heterocycles. The third-order valence-corrected chi connectivity index (χ3v) is 7.02. The van der Waals surface area contributed by atoms with Gasteiger partial charge in [0, 0.05) is 16.8 Å². The van der Waals surface area contributed by atoms with Crippen molar-refractivity contribution in [1.29, 1.82) is 0 Å². The van der Waals surface area contributed by atoms with Gasteiger partial charge in [-0.2, -0.15) is 0 Å². The second-order valence-corrected chi connectivity index (χ2v) is 9.72. The summed E-state index contributed by atoms with van der Waals surface area (Å²) in [5.41, 5.74) is 9.44. The fraction of sp³-hybridized carbons (Fsp3) is 0.263. The molecule has 28 heavy (non-hydrogen) atoms. The Morgan fingerprint density at radius 3 is 2.68 bits per heavy atom. The van der Waals surface area contributed by atoms with Crippen molar-refractivity contribution in [1.82, 2.24) is 4.98 Å². The predicted octanol–water partition coefficient (Wildman–Crippen LogP) is 2.90. The predicted molar refractivity (Wildman–Crippen MR) is 111 cm³/mol. The Hall–Kier alpha value is -2.49. The van der Waals surface area contributed by atoms with Crippen LogP contribution in [-0.4, -0.2) is 19.3 Å². The molecule has 0 radical (unpaired) electrons. The molecule has 0 saturated carbocycles. The summed E-state index contributed by atoms with van der Waals surface area (Å²) >= 11 is 1.27. The lowest BCUT2D eigenvalue weighted by molar-refractivity contribution is 0.103. The highest BCUT2D eigenvalue weighted by Gasteiger charge is 2.22. The molecule has 0 saturated heterocycles. The van der Waals surface area contributed by atoms with Crippen LogP contribution in [0.4, 0.5) is 11.4 Å². The molecule has 2 heterocycles. The van der Waals surface area contributed by atoms with Crippen LogP contribution in [-0.2, 0) is 22.9 Å². The zero-order chi connectivity index (χ0) is 20.1. The lowest BCUT2D eigenvalue weighted by Gasteiger charge is -2.20. The number of rotatable bonds is 3. The summed E-state index contributed by atoms with van der Waals surface area (Å²) in [4.78, 5) is 18.6. The molecule has 1 atom stereocenters. The van der Waals surface area contributed by atoms with E-state index in [4.69, 9.17) is 15.9 Å². The summed E-state index contributed by atoms with van der Waals surface area (Å²) in [6.45, 7) is 2.23. The number of aromatic nitrogens is 1. The van der Waals surface area contributed by atoms with E-state index in [9.17, 15) is 13.2 Å². The number of nitrogen functional groups attached to an aromatic ring is 1. The summed E-state index contributed by atoms with van der Waals surface area (Å²) in [6.07, 6.45) is 3.04. The maximum absolute atomic E-state index is 12.7. The molecule has 1 aromatic carbocycles. The van der Waals surface area contributed by atoms with Crippen LogP contribution < -0.4 is 16.2 Å². The molecule has 1 aliphatic rings. The first-order chi connectivity index (χ1) is 13.2. The van der Waals surface area contributed by atoms with Gasteiger partial charge in [-0.3, -0.25) is 4.79 Å². The van der Waals surface area contributed by atoms with Gasteiger partial charge in [-0.1, -0.05) is 6.92 Å². The van der Waals surface area contributed by atoms with Crippen LogP contribution in [0.5, 0.6) is 0 Å². The fourth-order valence-electron chi connectivity index (χ4n) is 3.46. The van der Waals surface area contributed by atoms with Gasteiger partial charge in [0.1, 0.15) is 9.71 Å². The van der Waals surface area contributed by atoms with E-state index < -0.39 is 10.0 Å². The van der Waals surface area contributed by atoms with Gasteiger partial charge in [0.25, 0.3) is 5.91 Å². The highest BCUT2D eigenvalue weighted by molar-refractivity contribution is 7.89. The number of hydrogen-bond acceptors (Lipinski definition) is 6. The minimum atomic E-state index is -3.78. The zero-order valence-corrected chi connectivity index (χ0v) is 16.9. The largest absolute Gasteiger partial charge is 0.397 e. The number of hydrogen-bond donors (Lipinski definition) is 3. The van der Waals surface area contributed by atoms with Crippen molar-refractivity contribution >= 4 is 48.9 Å². The number of thiophene rings is 1. The molecule has 3 aromatic rings.